The van der Waals surface area contributed by atoms with Crippen LogP contribution in [-0.2, 0) is 11.3 Å². The van der Waals surface area contributed by atoms with E-state index >= 15 is 0 Å². The van der Waals surface area contributed by atoms with Gasteiger partial charge in [-0.15, -0.1) is 0 Å². The van der Waals surface area contributed by atoms with Crippen molar-refractivity contribution in [3.05, 3.63) is 35.4 Å². The van der Waals surface area contributed by atoms with Gasteiger partial charge < -0.3 is 10.1 Å². The Morgan fingerprint density at radius 2 is 1.81 bits per heavy atom. The van der Waals surface area contributed by atoms with Crippen LogP contribution in [-0.4, -0.2) is 44.3 Å². The minimum absolute atomic E-state index is 0.179. The zero-order valence-electron chi connectivity index (χ0n) is 14.6. The van der Waals surface area contributed by atoms with E-state index in [9.17, 15) is 0 Å². The van der Waals surface area contributed by atoms with Crippen LogP contribution >= 0.6 is 0 Å². The quantitative estimate of drug-likeness (QED) is 0.796. The predicted molar refractivity (Wildman–Crippen MR) is 90.8 cm³/mol. The third kappa shape index (κ3) is 7.60. The number of ether oxygens (including phenoxy) is 1. The van der Waals surface area contributed by atoms with Crippen molar-refractivity contribution < 1.29 is 4.74 Å². The highest BCUT2D eigenvalue weighted by molar-refractivity contribution is 5.25. The monoisotopic (exact) mass is 292 g/mol. The number of nitrogens with zero attached hydrogens (tertiary/aromatic N) is 1. The molecule has 1 unspecified atom stereocenters. The van der Waals surface area contributed by atoms with Crippen molar-refractivity contribution in [2.45, 2.75) is 45.7 Å². The van der Waals surface area contributed by atoms with Gasteiger partial charge in [-0.05, 0) is 44.9 Å². The highest BCUT2D eigenvalue weighted by Crippen LogP contribution is 2.17. The van der Waals surface area contributed by atoms with Gasteiger partial charge in [0.15, 0.2) is 0 Å². The first-order chi connectivity index (χ1) is 9.81. The molecule has 0 fully saturated rings. The van der Waals surface area contributed by atoms with Crippen molar-refractivity contribution in [3.63, 3.8) is 0 Å². The van der Waals surface area contributed by atoms with Gasteiger partial charge in [0.05, 0.1) is 6.61 Å². The van der Waals surface area contributed by atoms with Gasteiger partial charge in [0.2, 0.25) is 0 Å². The van der Waals surface area contributed by atoms with E-state index in [0.717, 1.165) is 26.2 Å². The number of methoxy groups -OCH3 is 1. The van der Waals surface area contributed by atoms with Crippen molar-refractivity contribution >= 4 is 0 Å². The van der Waals surface area contributed by atoms with Crippen LogP contribution in [0, 0.1) is 0 Å². The molecule has 0 aliphatic heterocycles. The highest BCUT2D eigenvalue weighted by atomic mass is 16.5. The Kier molecular flexibility index (Phi) is 7.36. The molecule has 120 valence electrons. The van der Waals surface area contributed by atoms with Crippen LogP contribution in [0.2, 0.25) is 0 Å². The summed E-state index contributed by atoms with van der Waals surface area (Å²) in [5, 5.41) is 3.57. The molecular formula is C18H32N2O. The Morgan fingerprint density at radius 1 is 1.19 bits per heavy atom. The molecule has 0 aliphatic rings. The van der Waals surface area contributed by atoms with E-state index in [-0.39, 0.29) is 5.54 Å². The van der Waals surface area contributed by atoms with E-state index in [0.29, 0.717) is 5.92 Å². The molecule has 21 heavy (non-hydrogen) atoms. The molecular weight excluding hydrogens is 260 g/mol. The molecule has 0 aromatic heterocycles. The number of hydrogen-bond acceptors (Lipinski definition) is 3. The van der Waals surface area contributed by atoms with E-state index in [1.54, 1.807) is 7.11 Å². The second kappa shape index (κ2) is 8.52. The maximum absolute atomic E-state index is 5.11. The second-order valence-corrected chi connectivity index (χ2v) is 7.00. The molecule has 1 aromatic carbocycles. The topological polar surface area (TPSA) is 24.5 Å². The van der Waals surface area contributed by atoms with E-state index in [4.69, 9.17) is 4.74 Å². The molecule has 0 radical (unpaired) electrons. The van der Waals surface area contributed by atoms with Crippen molar-refractivity contribution in [3.8, 4) is 0 Å². The van der Waals surface area contributed by atoms with Gasteiger partial charge in [-0.25, -0.2) is 0 Å². The summed E-state index contributed by atoms with van der Waals surface area (Å²) < 4.78 is 5.11. The molecule has 0 saturated carbocycles. The van der Waals surface area contributed by atoms with Crippen LogP contribution in [0.15, 0.2) is 24.3 Å². The summed E-state index contributed by atoms with van der Waals surface area (Å²) in [7, 11) is 3.87. The molecule has 0 aliphatic carbocycles. The molecule has 3 heteroatoms. The van der Waals surface area contributed by atoms with Crippen molar-refractivity contribution in [1.82, 2.24) is 10.2 Å². The molecule has 1 aromatic rings. The van der Waals surface area contributed by atoms with E-state index in [2.05, 4.69) is 69.2 Å². The number of nitrogens with one attached hydrogen (secondary N) is 1. The molecule has 1 atom stereocenters. The lowest BCUT2D eigenvalue weighted by molar-refractivity contribution is 0.158. The zero-order valence-corrected chi connectivity index (χ0v) is 14.6. The lowest BCUT2D eigenvalue weighted by Crippen LogP contribution is -2.38. The highest BCUT2D eigenvalue weighted by Gasteiger charge is 2.12. The third-order valence-electron chi connectivity index (χ3n) is 3.62. The first-order valence-corrected chi connectivity index (χ1v) is 7.83. The van der Waals surface area contributed by atoms with Gasteiger partial charge in [0.25, 0.3) is 0 Å². The number of hydrogen-bond donors (Lipinski definition) is 1. The van der Waals surface area contributed by atoms with Crippen LogP contribution in [0.1, 0.15) is 44.7 Å². The number of rotatable bonds is 8. The molecule has 1 rings (SSSR count). The van der Waals surface area contributed by atoms with E-state index in [1.807, 2.05) is 0 Å². The lowest BCUT2D eigenvalue weighted by Gasteiger charge is -2.24. The molecule has 1 N–H and O–H groups in total. The Bertz CT molecular complexity index is 395. The van der Waals surface area contributed by atoms with Crippen molar-refractivity contribution in [1.29, 1.82) is 0 Å². The summed E-state index contributed by atoms with van der Waals surface area (Å²) in [6, 6.07) is 9.00. The van der Waals surface area contributed by atoms with E-state index in [1.165, 1.54) is 11.1 Å². The first-order valence-electron chi connectivity index (χ1n) is 7.83. The minimum atomic E-state index is 0.179. The largest absolute Gasteiger partial charge is 0.383 e. The van der Waals surface area contributed by atoms with Crippen molar-refractivity contribution in [2.75, 3.05) is 33.9 Å². The third-order valence-corrected chi connectivity index (χ3v) is 3.62. The lowest BCUT2D eigenvalue weighted by atomic mass is 9.98. The normalized spacial score (nSPS) is 13.7. The summed E-state index contributed by atoms with van der Waals surface area (Å²) in [5.41, 5.74) is 2.93. The van der Waals surface area contributed by atoms with Gasteiger partial charge >= 0.3 is 0 Å². The predicted octanol–water partition coefficient (Wildman–Crippen LogP) is 3.26. The summed E-state index contributed by atoms with van der Waals surface area (Å²) in [5.74, 6) is 0.532. The van der Waals surface area contributed by atoms with Gasteiger partial charge in [-0.1, -0.05) is 31.2 Å². The maximum atomic E-state index is 5.11. The molecule has 0 amide bonds. The molecule has 0 bridgehead atoms. The van der Waals surface area contributed by atoms with Gasteiger partial charge in [-0.3, -0.25) is 4.90 Å². The number of benzene rings is 1. The Labute approximate surface area is 130 Å². The Balaban J connectivity index is 2.49. The van der Waals surface area contributed by atoms with Crippen LogP contribution in [0.5, 0.6) is 0 Å². The van der Waals surface area contributed by atoms with Gasteiger partial charge in [0, 0.05) is 32.3 Å². The van der Waals surface area contributed by atoms with Crippen LogP contribution in [0.4, 0.5) is 0 Å². The molecule has 3 nitrogen and oxygen atoms in total. The second-order valence-electron chi connectivity index (χ2n) is 7.00. The first kappa shape index (κ1) is 18.1. The fourth-order valence-corrected chi connectivity index (χ4v) is 2.17. The Hall–Kier alpha value is -0.900. The summed E-state index contributed by atoms with van der Waals surface area (Å²) >= 11 is 0. The van der Waals surface area contributed by atoms with Crippen LogP contribution in [0.3, 0.4) is 0 Å². The van der Waals surface area contributed by atoms with Gasteiger partial charge in [-0.2, -0.15) is 0 Å². The summed E-state index contributed by atoms with van der Waals surface area (Å²) in [4.78, 5) is 2.28. The number of likely N-dealkylation sites (N-methyl/N-ethyl adjacent to an activating group) is 1. The molecule has 0 saturated heterocycles. The SMILES string of the molecule is COCCN(C)Cc1ccc(C(C)CNC(C)(C)C)cc1. The summed E-state index contributed by atoms with van der Waals surface area (Å²) in [6.07, 6.45) is 0. The fourth-order valence-electron chi connectivity index (χ4n) is 2.17. The standard InChI is InChI=1S/C18H32N2O/c1-15(13-19-18(2,3)4)17-9-7-16(8-10-17)14-20(5)11-12-21-6/h7-10,15,19H,11-14H2,1-6H3. The molecule has 0 heterocycles. The summed E-state index contributed by atoms with van der Waals surface area (Å²) in [6.45, 7) is 12.6. The van der Waals surface area contributed by atoms with Gasteiger partial charge in [0.1, 0.15) is 0 Å². The smallest absolute Gasteiger partial charge is 0.0589 e. The minimum Gasteiger partial charge on any atom is -0.383 e. The Morgan fingerprint density at radius 3 is 2.33 bits per heavy atom. The zero-order chi connectivity index (χ0) is 15.9. The van der Waals surface area contributed by atoms with Crippen LogP contribution < -0.4 is 5.32 Å². The maximum Gasteiger partial charge on any atom is 0.0589 e. The van der Waals surface area contributed by atoms with Crippen LogP contribution in [0.25, 0.3) is 0 Å². The average molecular weight is 292 g/mol. The van der Waals surface area contributed by atoms with E-state index < -0.39 is 0 Å². The van der Waals surface area contributed by atoms with Crippen molar-refractivity contribution in [2.24, 2.45) is 0 Å². The molecule has 0 spiro atoms. The fraction of sp³-hybridized carbons (Fsp3) is 0.667. The average Bonchev–Trinajstić information content (AvgIpc) is 2.42.